The number of rotatable bonds is 9. The number of hydrogen-bond acceptors (Lipinski definition) is 5. The molecule has 1 fully saturated rings. The van der Waals surface area contributed by atoms with E-state index in [1.807, 2.05) is 0 Å². The Morgan fingerprint density at radius 2 is 1.68 bits per heavy atom. The van der Waals surface area contributed by atoms with E-state index < -0.39 is 20.6 Å². The minimum Gasteiger partial charge on any atom is -0.312 e. The third-order valence-corrected chi connectivity index (χ3v) is 8.22. The third-order valence-electron chi connectivity index (χ3n) is 6.75. The fraction of sp³-hybridized carbons (Fsp3) is 0.385. The molecule has 3 aliphatic carbocycles. The van der Waals surface area contributed by atoms with Crippen LogP contribution in [-0.2, 0) is 10.0 Å². The van der Waals surface area contributed by atoms with Crippen LogP contribution in [0.3, 0.4) is 0 Å². The zero-order valence-electron chi connectivity index (χ0n) is 19.1. The molecular formula is C26H31N3O4S. The molecule has 1 atom stereocenters. The molecule has 3 aliphatic rings. The molecule has 1 unspecified atom stereocenters. The highest BCUT2D eigenvalue weighted by atomic mass is 32.2. The van der Waals surface area contributed by atoms with E-state index in [2.05, 4.69) is 58.6 Å². The highest BCUT2D eigenvalue weighted by Crippen LogP contribution is 2.29. The molecule has 34 heavy (non-hydrogen) atoms. The summed E-state index contributed by atoms with van der Waals surface area (Å²) in [5.41, 5.74) is 2.18. The van der Waals surface area contributed by atoms with Crippen molar-refractivity contribution in [2.75, 3.05) is 19.6 Å². The summed E-state index contributed by atoms with van der Waals surface area (Å²) in [6, 6.07) is 5.46. The van der Waals surface area contributed by atoms with Crippen LogP contribution in [0.2, 0.25) is 0 Å². The van der Waals surface area contributed by atoms with Gasteiger partial charge >= 0.3 is 0 Å². The summed E-state index contributed by atoms with van der Waals surface area (Å²) in [4.78, 5) is 10.2. The van der Waals surface area contributed by atoms with Crippen LogP contribution in [0.25, 0.3) is 0 Å². The number of nitrogens with one attached hydrogen (secondary N) is 2. The van der Waals surface area contributed by atoms with E-state index >= 15 is 0 Å². The predicted molar refractivity (Wildman–Crippen MR) is 134 cm³/mol. The standard InChI is InChI=1S/C26H31N3O4S/c30-29(31)25-7-3-4-8-26(25)34(32,33)28-19-22-11-9-20(10-12-22)17-27-18-21-13-15-23-5-1-2-6-24(23)16-14-21/h1-8,13-16,20,22-23,27-28H,9-12,17-19H2. The van der Waals surface area contributed by atoms with Crippen LogP contribution in [0.15, 0.2) is 88.9 Å². The number of fused-ring (bicyclic) bond motifs is 1. The van der Waals surface area contributed by atoms with Gasteiger partial charge in [0.1, 0.15) is 0 Å². The van der Waals surface area contributed by atoms with Crippen molar-refractivity contribution < 1.29 is 13.3 Å². The van der Waals surface area contributed by atoms with Crippen LogP contribution < -0.4 is 10.0 Å². The van der Waals surface area contributed by atoms with Gasteiger partial charge in [0, 0.05) is 25.1 Å². The number of para-hydroxylation sites is 1. The number of hydrogen-bond donors (Lipinski definition) is 2. The Morgan fingerprint density at radius 3 is 2.44 bits per heavy atom. The van der Waals surface area contributed by atoms with E-state index in [0.717, 1.165) is 38.8 Å². The van der Waals surface area contributed by atoms with Crippen LogP contribution in [0.1, 0.15) is 25.7 Å². The summed E-state index contributed by atoms with van der Waals surface area (Å²) in [6.45, 7) is 2.08. The normalized spacial score (nSPS) is 24.2. The van der Waals surface area contributed by atoms with Crippen LogP contribution in [0.5, 0.6) is 0 Å². The lowest BCUT2D eigenvalue weighted by atomic mass is 9.82. The summed E-state index contributed by atoms with van der Waals surface area (Å²) >= 11 is 0. The van der Waals surface area contributed by atoms with E-state index in [1.165, 1.54) is 35.4 Å². The second kappa shape index (κ2) is 11.1. The monoisotopic (exact) mass is 481 g/mol. The summed E-state index contributed by atoms with van der Waals surface area (Å²) in [5, 5.41) is 14.7. The lowest BCUT2D eigenvalue weighted by molar-refractivity contribution is -0.387. The van der Waals surface area contributed by atoms with Crippen molar-refractivity contribution in [1.82, 2.24) is 10.0 Å². The van der Waals surface area contributed by atoms with Crippen molar-refractivity contribution >= 4 is 15.7 Å². The quantitative estimate of drug-likeness (QED) is 0.401. The smallest absolute Gasteiger partial charge is 0.289 e. The maximum Gasteiger partial charge on any atom is 0.289 e. The number of nitro benzene ring substituents is 1. The molecule has 0 bridgehead atoms. The Balaban J connectivity index is 1.20. The maximum absolute atomic E-state index is 12.6. The first-order chi connectivity index (χ1) is 16.4. The molecular weight excluding hydrogens is 450 g/mol. The Bertz CT molecular complexity index is 1160. The molecule has 0 spiro atoms. The maximum atomic E-state index is 12.6. The van der Waals surface area contributed by atoms with E-state index in [1.54, 1.807) is 0 Å². The first-order valence-corrected chi connectivity index (χ1v) is 13.3. The molecule has 7 nitrogen and oxygen atoms in total. The highest BCUT2D eigenvalue weighted by Gasteiger charge is 2.27. The number of sulfonamides is 1. The average Bonchev–Trinajstić information content (AvgIpc) is 3.06. The molecule has 4 rings (SSSR count). The molecule has 0 aromatic heterocycles. The molecule has 2 N–H and O–H groups in total. The van der Waals surface area contributed by atoms with Crippen molar-refractivity contribution in [3.05, 3.63) is 94.1 Å². The Morgan fingerprint density at radius 1 is 0.941 bits per heavy atom. The third kappa shape index (κ3) is 6.20. The molecule has 0 aliphatic heterocycles. The summed E-state index contributed by atoms with van der Waals surface area (Å²) < 4.78 is 27.8. The molecule has 180 valence electrons. The summed E-state index contributed by atoms with van der Waals surface area (Å²) in [6.07, 6.45) is 21.3. The lowest BCUT2D eigenvalue weighted by Gasteiger charge is -2.28. The van der Waals surface area contributed by atoms with Gasteiger partial charge in [0.25, 0.3) is 5.69 Å². The zero-order chi connectivity index (χ0) is 24.0. The van der Waals surface area contributed by atoms with Gasteiger partial charge in [-0.3, -0.25) is 10.1 Å². The number of allylic oxidation sites excluding steroid dienone is 8. The van der Waals surface area contributed by atoms with E-state index in [0.29, 0.717) is 18.4 Å². The van der Waals surface area contributed by atoms with Gasteiger partial charge in [-0.15, -0.1) is 0 Å². The van der Waals surface area contributed by atoms with Crippen LogP contribution >= 0.6 is 0 Å². The molecule has 8 heteroatoms. The van der Waals surface area contributed by atoms with Crippen molar-refractivity contribution in [3.63, 3.8) is 0 Å². The van der Waals surface area contributed by atoms with Gasteiger partial charge < -0.3 is 5.32 Å². The highest BCUT2D eigenvalue weighted by molar-refractivity contribution is 7.89. The van der Waals surface area contributed by atoms with Crippen molar-refractivity contribution in [2.45, 2.75) is 30.6 Å². The summed E-state index contributed by atoms with van der Waals surface area (Å²) in [5.74, 6) is 1.18. The number of nitro groups is 1. The second-order valence-corrected chi connectivity index (χ2v) is 10.9. The van der Waals surface area contributed by atoms with Gasteiger partial charge in [-0.1, -0.05) is 60.7 Å². The van der Waals surface area contributed by atoms with Crippen LogP contribution in [0, 0.1) is 27.9 Å². The second-order valence-electron chi connectivity index (χ2n) is 9.13. The largest absolute Gasteiger partial charge is 0.312 e. The molecule has 0 amide bonds. The Hall–Kier alpha value is -2.81. The molecule has 1 aromatic carbocycles. The van der Waals surface area contributed by atoms with Gasteiger partial charge in [-0.05, 0) is 61.3 Å². The lowest BCUT2D eigenvalue weighted by Crippen LogP contribution is -2.33. The first-order valence-electron chi connectivity index (χ1n) is 11.8. The van der Waals surface area contributed by atoms with Crippen LogP contribution in [-0.4, -0.2) is 33.0 Å². The van der Waals surface area contributed by atoms with Crippen molar-refractivity contribution in [1.29, 1.82) is 0 Å². The van der Waals surface area contributed by atoms with Crippen molar-refractivity contribution in [2.24, 2.45) is 17.8 Å². The molecule has 0 radical (unpaired) electrons. The molecule has 1 saturated carbocycles. The van der Waals surface area contributed by atoms with Gasteiger partial charge in [0.2, 0.25) is 10.0 Å². The predicted octanol–water partition coefficient (Wildman–Crippen LogP) is 4.43. The van der Waals surface area contributed by atoms with Crippen LogP contribution in [0.4, 0.5) is 5.69 Å². The fourth-order valence-corrected chi connectivity index (χ4v) is 6.01. The first kappa shape index (κ1) is 24.3. The van der Waals surface area contributed by atoms with Gasteiger partial charge in [-0.25, -0.2) is 13.1 Å². The van der Waals surface area contributed by atoms with E-state index in [9.17, 15) is 18.5 Å². The van der Waals surface area contributed by atoms with Gasteiger partial charge in [0.05, 0.1) is 4.92 Å². The number of benzene rings is 1. The SMILES string of the molecule is O=[N+]([O-])c1ccccc1S(=O)(=O)NCC1CCC(CNCC2=CC=C3C=CC=CC3C=C2)CC1. The average molecular weight is 482 g/mol. The van der Waals surface area contributed by atoms with Gasteiger partial charge in [0.15, 0.2) is 4.90 Å². The van der Waals surface area contributed by atoms with Crippen molar-refractivity contribution in [3.8, 4) is 0 Å². The minimum absolute atomic E-state index is 0.248. The molecule has 1 aromatic rings. The Labute approximate surface area is 201 Å². The molecule has 0 saturated heterocycles. The topological polar surface area (TPSA) is 101 Å². The zero-order valence-corrected chi connectivity index (χ0v) is 19.9. The molecule has 0 heterocycles. The van der Waals surface area contributed by atoms with E-state index in [-0.39, 0.29) is 10.8 Å². The Kier molecular flexibility index (Phi) is 7.92. The number of nitrogens with zero attached hydrogens (tertiary/aromatic N) is 1. The fourth-order valence-electron chi connectivity index (χ4n) is 4.72. The van der Waals surface area contributed by atoms with Gasteiger partial charge in [-0.2, -0.15) is 0 Å². The summed E-state index contributed by atoms with van der Waals surface area (Å²) in [7, 11) is -3.92. The minimum atomic E-state index is -3.92. The van der Waals surface area contributed by atoms with E-state index in [4.69, 9.17) is 0 Å².